The highest BCUT2D eigenvalue weighted by Crippen LogP contribution is 2.18. The van der Waals surface area contributed by atoms with Crippen LogP contribution in [0, 0.1) is 0 Å². The van der Waals surface area contributed by atoms with Crippen molar-refractivity contribution in [3.63, 3.8) is 0 Å². The van der Waals surface area contributed by atoms with Crippen LogP contribution < -0.4 is 15.4 Å². The number of nitrogens with one attached hydrogen (secondary N) is 2. The standard InChI is InChI=1S/C21H20ClN3O2/c1-27-19-7-3-6-18(13-19)25-21(26)16-8-9-20(24-14-16)23-11-10-15-4-2-5-17(22)12-15/h2-9,12-14H,10-11H2,1H3,(H,23,24)(H,25,26). The highest BCUT2D eigenvalue weighted by atomic mass is 35.5. The molecular weight excluding hydrogens is 362 g/mol. The molecule has 1 heterocycles. The second-order valence-electron chi connectivity index (χ2n) is 5.92. The van der Waals surface area contributed by atoms with Crippen molar-refractivity contribution < 1.29 is 9.53 Å². The maximum Gasteiger partial charge on any atom is 0.257 e. The van der Waals surface area contributed by atoms with Crippen molar-refractivity contribution in [2.24, 2.45) is 0 Å². The maximum atomic E-state index is 12.3. The Labute approximate surface area is 163 Å². The lowest BCUT2D eigenvalue weighted by atomic mass is 10.1. The zero-order chi connectivity index (χ0) is 19.1. The van der Waals surface area contributed by atoms with Crippen LogP contribution in [0.15, 0.2) is 66.9 Å². The van der Waals surface area contributed by atoms with Gasteiger partial charge in [0, 0.05) is 29.5 Å². The molecule has 1 amide bonds. The zero-order valence-electron chi connectivity index (χ0n) is 14.9. The van der Waals surface area contributed by atoms with Gasteiger partial charge in [0.2, 0.25) is 0 Å². The first kappa shape index (κ1) is 18.7. The Morgan fingerprint density at radius 3 is 2.70 bits per heavy atom. The number of carbonyl (C=O) groups excluding carboxylic acids is 1. The van der Waals surface area contributed by atoms with E-state index in [9.17, 15) is 4.79 Å². The second kappa shape index (κ2) is 9.05. The Hall–Kier alpha value is -3.05. The van der Waals surface area contributed by atoms with E-state index in [1.165, 1.54) is 0 Å². The monoisotopic (exact) mass is 381 g/mol. The number of halogens is 1. The van der Waals surface area contributed by atoms with Crippen molar-refractivity contribution in [2.45, 2.75) is 6.42 Å². The van der Waals surface area contributed by atoms with Gasteiger partial charge in [0.05, 0.1) is 12.7 Å². The molecule has 2 N–H and O–H groups in total. The van der Waals surface area contributed by atoms with Gasteiger partial charge in [0.1, 0.15) is 11.6 Å². The molecule has 3 rings (SSSR count). The fourth-order valence-electron chi connectivity index (χ4n) is 2.56. The molecule has 0 saturated heterocycles. The number of amides is 1. The highest BCUT2D eigenvalue weighted by molar-refractivity contribution is 6.30. The molecule has 0 aliphatic heterocycles. The van der Waals surface area contributed by atoms with E-state index in [1.807, 2.05) is 36.4 Å². The molecule has 0 saturated carbocycles. The number of ether oxygens (including phenoxy) is 1. The van der Waals surface area contributed by atoms with Crippen molar-refractivity contribution >= 4 is 29.0 Å². The highest BCUT2D eigenvalue weighted by Gasteiger charge is 2.07. The molecule has 2 aromatic carbocycles. The van der Waals surface area contributed by atoms with Gasteiger partial charge in [-0.15, -0.1) is 0 Å². The summed E-state index contributed by atoms with van der Waals surface area (Å²) >= 11 is 5.99. The number of methoxy groups -OCH3 is 1. The van der Waals surface area contributed by atoms with E-state index in [2.05, 4.69) is 15.6 Å². The zero-order valence-corrected chi connectivity index (χ0v) is 15.7. The van der Waals surface area contributed by atoms with Gasteiger partial charge in [-0.25, -0.2) is 4.98 Å². The summed E-state index contributed by atoms with van der Waals surface area (Å²) in [5.74, 6) is 1.18. The maximum absolute atomic E-state index is 12.3. The summed E-state index contributed by atoms with van der Waals surface area (Å²) in [4.78, 5) is 16.6. The molecule has 0 fully saturated rings. The van der Waals surface area contributed by atoms with Crippen molar-refractivity contribution in [1.29, 1.82) is 0 Å². The normalized spacial score (nSPS) is 10.3. The predicted octanol–water partition coefficient (Wildman–Crippen LogP) is 4.65. The van der Waals surface area contributed by atoms with Crippen LogP contribution in [0.1, 0.15) is 15.9 Å². The number of nitrogens with zero attached hydrogens (tertiary/aromatic N) is 1. The minimum Gasteiger partial charge on any atom is -0.497 e. The van der Waals surface area contributed by atoms with Gasteiger partial charge < -0.3 is 15.4 Å². The van der Waals surface area contributed by atoms with Crippen molar-refractivity contribution in [3.8, 4) is 5.75 Å². The Bertz CT molecular complexity index is 913. The van der Waals surface area contributed by atoms with Gasteiger partial charge in [-0.3, -0.25) is 4.79 Å². The number of hydrogen-bond donors (Lipinski definition) is 2. The van der Waals surface area contributed by atoms with Gasteiger partial charge in [0.15, 0.2) is 0 Å². The number of anilines is 2. The van der Waals surface area contributed by atoms with E-state index in [0.717, 1.165) is 29.4 Å². The topological polar surface area (TPSA) is 63.2 Å². The van der Waals surface area contributed by atoms with Crippen LogP contribution in [0.25, 0.3) is 0 Å². The van der Waals surface area contributed by atoms with Gasteiger partial charge in [-0.05, 0) is 48.4 Å². The van der Waals surface area contributed by atoms with Gasteiger partial charge >= 0.3 is 0 Å². The smallest absolute Gasteiger partial charge is 0.257 e. The van der Waals surface area contributed by atoms with E-state index < -0.39 is 0 Å². The summed E-state index contributed by atoms with van der Waals surface area (Å²) in [6.07, 6.45) is 2.39. The third-order valence-electron chi connectivity index (χ3n) is 3.96. The summed E-state index contributed by atoms with van der Waals surface area (Å²) < 4.78 is 5.15. The minimum absolute atomic E-state index is 0.221. The molecule has 3 aromatic rings. The summed E-state index contributed by atoms with van der Waals surface area (Å²) in [7, 11) is 1.59. The summed E-state index contributed by atoms with van der Waals surface area (Å²) in [6.45, 7) is 0.725. The van der Waals surface area contributed by atoms with Crippen molar-refractivity contribution in [1.82, 2.24) is 4.98 Å². The number of aromatic nitrogens is 1. The second-order valence-corrected chi connectivity index (χ2v) is 6.36. The number of hydrogen-bond acceptors (Lipinski definition) is 4. The summed E-state index contributed by atoms with van der Waals surface area (Å²) in [5.41, 5.74) is 2.31. The number of benzene rings is 2. The molecule has 138 valence electrons. The Morgan fingerprint density at radius 1 is 1.11 bits per heavy atom. The molecule has 27 heavy (non-hydrogen) atoms. The Kier molecular flexibility index (Phi) is 6.28. The average Bonchev–Trinajstić information content (AvgIpc) is 2.69. The fourth-order valence-corrected chi connectivity index (χ4v) is 2.78. The van der Waals surface area contributed by atoms with Crippen LogP contribution in [0.5, 0.6) is 5.75 Å². The van der Waals surface area contributed by atoms with Gasteiger partial charge in [-0.1, -0.05) is 29.8 Å². The quantitative estimate of drug-likeness (QED) is 0.625. The van der Waals surface area contributed by atoms with Crippen LogP contribution in [0.3, 0.4) is 0 Å². The molecule has 5 nitrogen and oxygen atoms in total. The molecule has 0 atom stereocenters. The third-order valence-corrected chi connectivity index (χ3v) is 4.20. The lowest BCUT2D eigenvalue weighted by Crippen LogP contribution is -2.13. The number of pyridine rings is 1. The first-order valence-corrected chi connectivity index (χ1v) is 8.91. The van der Waals surface area contributed by atoms with E-state index in [0.29, 0.717) is 17.0 Å². The van der Waals surface area contributed by atoms with E-state index in [-0.39, 0.29) is 5.91 Å². The summed E-state index contributed by atoms with van der Waals surface area (Å²) in [5, 5.41) is 6.80. The van der Waals surface area contributed by atoms with Gasteiger partial charge in [0.25, 0.3) is 5.91 Å². The molecule has 6 heteroatoms. The average molecular weight is 382 g/mol. The first-order valence-electron chi connectivity index (χ1n) is 8.54. The molecule has 0 bridgehead atoms. The number of rotatable bonds is 7. The largest absolute Gasteiger partial charge is 0.497 e. The lowest BCUT2D eigenvalue weighted by Gasteiger charge is -2.08. The van der Waals surface area contributed by atoms with Crippen LogP contribution in [0.4, 0.5) is 11.5 Å². The lowest BCUT2D eigenvalue weighted by molar-refractivity contribution is 0.102. The SMILES string of the molecule is COc1cccc(NC(=O)c2ccc(NCCc3cccc(Cl)c3)nc2)c1. The molecule has 0 radical (unpaired) electrons. The first-order chi connectivity index (χ1) is 13.1. The van der Waals surface area contributed by atoms with Crippen molar-refractivity contribution in [3.05, 3.63) is 83.0 Å². The fraction of sp³-hybridized carbons (Fsp3) is 0.143. The van der Waals surface area contributed by atoms with E-state index in [4.69, 9.17) is 16.3 Å². The number of carbonyl (C=O) groups is 1. The third kappa shape index (κ3) is 5.46. The molecule has 0 spiro atoms. The van der Waals surface area contributed by atoms with E-state index >= 15 is 0 Å². The Balaban J connectivity index is 1.53. The molecule has 0 aliphatic rings. The molecular formula is C21H20ClN3O2. The van der Waals surface area contributed by atoms with Crippen LogP contribution in [0.2, 0.25) is 5.02 Å². The predicted molar refractivity (Wildman–Crippen MR) is 109 cm³/mol. The van der Waals surface area contributed by atoms with Crippen LogP contribution in [-0.2, 0) is 6.42 Å². The van der Waals surface area contributed by atoms with Gasteiger partial charge in [-0.2, -0.15) is 0 Å². The summed E-state index contributed by atoms with van der Waals surface area (Å²) in [6, 6.07) is 18.5. The van der Waals surface area contributed by atoms with E-state index in [1.54, 1.807) is 37.6 Å². The molecule has 1 aromatic heterocycles. The minimum atomic E-state index is -0.221. The molecule has 0 unspecified atom stereocenters. The molecule has 0 aliphatic carbocycles. The van der Waals surface area contributed by atoms with Crippen molar-refractivity contribution in [2.75, 3.05) is 24.3 Å². The Morgan fingerprint density at radius 2 is 1.96 bits per heavy atom. The van der Waals surface area contributed by atoms with Crippen LogP contribution >= 0.6 is 11.6 Å². The van der Waals surface area contributed by atoms with Crippen LogP contribution in [-0.4, -0.2) is 24.5 Å².